The predicted molar refractivity (Wildman–Crippen MR) is 76.0 cm³/mol. The fourth-order valence-electron chi connectivity index (χ4n) is 3.40. The minimum atomic E-state index is -4.50. The Hall–Kier alpha value is -0.390. The average Bonchev–Trinajstić information content (AvgIpc) is 2.59. The fourth-order valence-corrected chi connectivity index (χ4v) is 3.40. The highest BCUT2D eigenvalue weighted by molar-refractivity contribution is 5.17. The Morgan fingerprint density at radius 2 is 1.59 bits per heavy atom. The largest absolute Gasteiger partial charge is 0.396 e. The van der Waals surface area contributed by atoms with Crippen molar-refractivity contribution in [3.05, 3.63) is 0 Å². The van der Waals surface area contributed by atoms with E-state index in [1.165, 1.54) is 0 Å². The lowest BCUT2D eigenvalue weighted by Gasteiger charge is -2.48. The molecule has 0 amide bonds. The molecule has 1 rings (SSSR count). The summed E-state index contributed by atoms with van der Waals surface area (Å²) < 4.78 is 77.8. The molecule has 2 unspecified atom stereocenters. The number of hydrogen-bond acceptors (Lipinski definition) is 1. The van der Waals surface area contributed by atoms with Gasteiger partial charge < -0.3 is 4.74 Å². The number of halogens is 5. The highest BCUT2D eigenvalue weighted by atomic mass is 19.3. The molecule has 1 aliphatic rings. The van der Waals surface area contributed by atoms with Gasteiger partial charge >= 0.3 is 6.11 Å². The van der Waals surface area contributed by atoms with Crippen LogP contribution in [0, 0.1) is 10.8 Å². The van der Waals surface area contributed by atoms with Crippen LogP contribution in [-0.4, -0.2) is 24.3 Å². The molecule has 1 aliphatic heterocycles. The van der Waals surface area contributed by atoms with Crippen molar-refractivity contribution in [2.75, 3.05) is 6.61 Å². The number of hydrogen-bond donors (Lipinski definition) is 0. The lowest BCUT2D eigenvalue weighted by atomic mass is 9.62. The van der Waals surface area contributed by atoms with Gasteiger partial charge in [0.05, 0.1) is 6.61 Å². The summed E-state index contributed by atoms with van der Waals surface area (Å²) in [5.74, 6) is -4.21. The van der Waals surface area contributed by atoms with Gasteiger partial charge in [0.15, 0.2) is 0 Å². The smallest absolute Gasteiger partial charge is 0.317 e. The van der Waals surface area contributed by atoms with Crippen LogP contribution >= 0.6 is 0 Å². The van der Waals surface area contributed by atoms with Gasteiger partial charge in [-0.3, -0.25) is 0 Å². The van der Waals surface area contributed by atoms with Crippen LogP contribution in [0.4, 0.5) is 22.0 Å². The molecule has 0 aromatic rings. The lowest BCUT2D eigenvalue weighted by Crippen LogP contribution is -2.66. The van der Waals surface area contributed by atoms with Gasteiger partial charge in [-0.25, -0.2) is 13.2 Å². The van der Waals surface area contributed by atoms with Crippen LogP contribution in [0.2, 0.25) is 0 Å². The Kier molecular flexibility index (Phi) is 5.28. The van der Waals surface area contributed by atoms with Crippen LogP contribution in [0.15, 0.2) is 0 Å². The molecule has 0 bridgehead atoms. The first-order chi connectivity index (χ1) is 9.83. The Labute approximate surface area is 129 Å². The third kappa shape index (κ3) is 2.55. The maximum Gasteiger partial charge on any atom is 0.396 e. The van der Waals surface area contributed by atoms with Crippen molar-refractivity contribution in [3.8, 4) is 0 Å². The lowest BCUT2D eigenvalue weighted by molar-refractivity contribution is -0.350. The molecule has 22 heavy (non-hydrogen) atoms. The van der Waals surface area contributed by atoms with E-state index in [0.29, 0.717) is 19.3 Å². The molecule has 0 saturated carbocycles. The highest BCUT2D eigenvalue weighted by Crippen LogP contribution is 2.65. The maximum atomic E-state index is 15.4. The molecule has 1 heterocycles. The van der Waals surface area contributed by atoms with Crippen LogP contribution in [0.1, 0.15) is 66.7 Å². The zero-order valence-corrected chi connectivity index (χ0v) is 14.0. The summed E-state index contributed by atoms with van der Waals surface area (Å²) in [4.78, 5) is 0. The van der Waals surface area contributed by atoms with Crippen molar-refractivity contribution < 1.29 is 26.7 Å². The van der Waals surface area contributed by atoms with Crippen molar-refractivity contribution in [1.82, 2.24) is 0 Å². The van der Waals surface area contributed by atoms with E-state index in [-0.39, 0.29) is 12.8 Å². The van der Waals surface area contributed by atoms with Crippen molar-refractivity contribution in [2.45, 2.75) is 84.4 Å². The summed E-state index contributed by atoms with van der Waals surface area (Å²) in [7, 11) is 0. The Bertz CT molecular complexity index is 396. The van der Waals surface area contributed by atoms with Crippen LogP contribution in [-0.2, 0) is 4.74 Å². The molecule has 0 spiro atoms. The number of rotatable bonds is 7. The van der Waals surface area contributed by atoms with E-state index < -0.39 is 35.1 Å². The molecule has 132 valence electrons. The van der Waals surface area contributed by atoms with E-state index in [0.717, 1.165) is 20.8 Å². The SMILES string of the molecule is CCCCC(C)(C)C(F)(F)C1(F)C(C)(CCC)COC1(F)F. The van der Waals surface area contributed by atoms with Gasteiger partial charge in [-0.15, -0.1) is 0 Å². The molecule has 6 heteroatoms. The zero-order valence-electron chi connectivity index (χ0n) is 14.0. The molecule has 1 fully saturated rings. The minimum absolute atomic E-state index is 0.0273. The molecule has 1 saturated heterocycles. The first-order valence-corrected chi connectivity index (χ1v) is 7.91. The standard InChI is InChI=1S/C16H27F5O/c1-6-8-10-12(3,4)15(18,19)14(17)13(5,9-7-2)11-22-16(14,20)21/h6-11H2,1-5H3. The number of unbranched alkanes of at least 4 members (excludes halogenated alkanes) is 1. The quantitative estimate of drug-likeness (QED) is 0.522. The highest BCUT2D eigenvalue weighted by Gasteiger charge is 2.84. The molecule has 0 aromatic carbocycles. The molecule has 1 nitrogen and oxygen atoms in total. The summed E-state index contributed by atoms with van der Waals surface area (Å²) in [5.41, 5.74) is -7.82. The van der Waals surface area contributed by atoms with Crippen LogP contribution in [0.3, 0.4) is 0 Å². The van der Waals surface area contributed by atoms with Crippen molar-refractivity contribution in [1.29, 1.82) is 0 Å². The van der Waals surface area contributed by atoms with Crippen molar-refractivity contribution in [3.63, 3.8) is 0 Å². The average molecular weight is 330 g/mol. The molecule has 0 aromatic heterocycles. The monoisotopic (exact) mass is 330 g/mol. The van der Waals surface area contributed by atoms with Gasteiger partial charge in [0.1, 0.15) is 0 Å². The minimum Gasteiger partial charge on any atom is -0.317 e. The summed E-state index contributed by atoms with van der Waals surface area (Å²) in [6, 6.07) is 0. The third-order valence-electron chi connectivity index (χ3n) is 5.04. The second kappa shape index (κ2) is 5.91. The van der Waals surface area contributed by atoms with E-state index in [1.54, 1.807) is 6.92 Å². The zero-order chi connectivity index (χ0) is 17.4. The van der Waals surface area contributed by atoms with Gasteiger partial charge in [-0.05, 0) is 12.8 Å². The summed E-state index contributed by atoms with van der Waals surface area (Å²) in [5, 5.41) is 0. The van der Waals surface area contributed by atoms with Crippen molar-refractivity contribution >= 4 is 0 Å². The number of ether oxygens (including phenoxy) is 1. The Balaban J connectivity index is 3.37. The first-order valence-electron chi connectivity index (χ1n) is 7.91. The topological polar surface area (TPSA) is 9.23 Å². The molecule has 0 radical (unpaired) electrons. The first kappa shape index (κ1) is 19.7. The van der Waals surface area contributed by atoms with Gasteiger partial charge in [0, 0.05) is 10.8 Å². The Morgan fingerprint density at radius 3 is 2.05 bits per heavy atom. The van der Waals surface area contributed by atoms with Gasteiger partial charge in [0.2, 0.25) is 0 Å². The van der Waals surface area contributed by atoms with Crippen LogP contribution in [0.5, 0.6) is 0 Å². The van der Waals surface area contributed by atoms with E-state index in [4.69, 9.17) is 0 Å². The maximum absolute atomic E-state index is 15.4. The second-order valence-electron chi connectivity index (χ2n) is 7.34. The fraction of sp³-hybridized carbons (Fsp3) is 1.00. The molecule has 2 atom stereocenters. The molecule has 0 aliphatic carbocycles. The second-order valence-corrected chi connectivity index (χ2v) is 7.34. The van der Waals surface area contributed by atoms with E-state index in [2.05, 4.69) is 4.74 Å². The van der Waals surface area contributed by atoms with E-state index in [9.17, 15) is 17.6 Å². The predicted octanol–water partition coefficient (Wildman–Crippen LogP) is 5.98. The van der Waals surface area contributed by atoms with E-state index >= 15 is 4.39 Å². The molecular weight excluding hydrogens is 303 g/mol. The van der Waals surface area contributed by atoms with Crippen LogP contribution in [0.25, 0.3) is 0 Å². The number of alkyl halides is 5. The molecule has 0 N–H and O–H groups in total. The summed E-state index contributed by atoms with van der Waals surface area (Å²) in [6.45, 7) is 6.22. The third-order valence-corrected chi connectivity index (χ3v) is 5.04. The van der Waals surface area contributed by atoms with Crippen molar-refractivity contribution in [2.24, 2.45) is 10.8 Å². The van der Waals surface area contributed by atoms with Crippen LogP contribution < -0.4 is 0 Å². The molecular formula is C16H27F5O. The summed E-state index contributed by atoms with van der Waals surface area (Å²) >= 11 is 0. The van der Waals surface area contributed by atoms with E-state index in [1.807, 2.05) is 6.92 Å². The van der Waals surface area contributed by atoms with Gasteiger partial charge in [-0.1, -0.05) is 53.9 Å². The normalized spacial score (nSPS) is 32.5. The summed E-state index contributed by atoms with van der Waals surface area (Å²) in [6.07, 6.45) is -3.22. The van der Waals surface area contributed by atoms with Gasteiger partial charge in [-0.2, -0.15) is 8.78 Å². The Morgan fingerprint density at radius 1 is 1.05 bits per heavy atom. The van der Waals surface area contributed by atoms with Gasteiger partial charge in [0.25, 0.3) is 11.6 Å².